The summed E-state index contributed by atoms with van der Waals surface area (Å²) in [4.78, 5) is 12.4. The Morgan fingerprint density at radius 2 is 1.42 bits per heavy atom. The topological polar surface area (TPSA) is 26.3 Å². The van der Waals surface area contributed by atoms with Gasteiger partial charge in [-0.3, -0.25) is 0 Å². The van der Waals surface area contributed by atoms with Crippen LogP contribution in [-0.4, -0.2) is 12.6 Å². The van der Waals surface area contributed by atoms with Crippen molar-refractivity contribution in [1.82, 2.24) is 0 Å². The molecule has 0 unspecified atom stereocenters. The molecule has 0 bridgehead atoms. The minimum absolute atomic E-state index is 0.282. The summed E-state index contributed by atoms with van der Waals surface area (Å²) in [5.74, 6) is -0.282. The lowest BCUT2D eigenvalue weighted by Gasteiger charge is -2.12. The summed E-state index contributed by atoms with van der Waals surface area (Å²) in [6, 6.07) is 22.8. The molecule has 2 heteroatoms. The Balaban J connectivity index is 2.09. The van der Waals surface area contributed by atoms with Gasteiger partial charge in [0.05, 0.1) is 12.2 Å². The van der Waals surface area contributed by atoms with Crippen molar-refractivity contribution in [3.63, 3.8) is 0 Å². The zero-order valence-corrected chi connectivity index (χ0v) is 15.6. The molecule has 0 N–H and O–H groups in total. The van der Waals surface area contributed by atoms with Gasteiger partial charge in [-0.2, -0.15) is 0 Å². The van der Waals surface area contributed by atoms with Crippen LogP contribution >= 0.6 is 0 Å². The first-order chi connectivity index (χ1) is 12.6. The Kier molecular flexibility index (Phi) is 5.52. The third-order valence-corrected chi connectivity index (χ3v) is 4.57. The molecule has 0 aliphatic heterocycles. The minimum Gasteiger partial charge on any atom is -0.462 e. The molecule has 0 aliphatic rings. The van der Waals surface area contributed by atoms with Crippen LogP contribution in [0.2, 0.25) is 0 Å². The molecule has 0 atom stereocenters. The van der Waals surface area contributed by atoms with Crippen molar-refractivity contribution < 1.29 is 9.53 Å². The number of aryl methyl sites for hydroxylation is 2. The SMILES string of the molecule is CCOC(=O)c1ccc(-c2ccc(CC)cc2)cc1-c1ccc(C)cc1. The summed E-state index contributed by atoms with van der Waals surface area (Å²) < 4.78 is 5.25. The van der Waals surface area contributed by atoms with E-state index in [9.17, 15) is 4.79 Å². The second kappa shape index (κ2) is 8.01. The van der Waals surface area contributed by atoms with Crippen molar-refractivity contribution in [2.45, 2.75) is 27.2 Å². The molecule has 0 spiro atoms. The van der Waals surface area contributed by atoms with E-state index in [1.807, 2.05) is 19.1 Å². The van der Waals surface area contributed by atoms with Crippen molar-refractivity contribution in [3.8, 4) is 22.3 Å². The molecule has 0 aliphatic carbocycles. The number of rotatable bonds is 5. The Labute approximate surface area is 155 Å². The van der Waals surface area contributed by atoms with E-state index in [4.69, 9.17) is 4.74 Å². The molecule has 0 fully saturated rings. The summed E-state index contributed by atoms with van der Waals surface area (Å²) in [6.07, 6.45) is 1.02. The summed E-state index contributed by atoms with van der Waals surface area (Å²) in [5.41, 5.74) is 7.27. The van der Waals surface area contributed by atoms with Crippen LogP contribution in [0.25, 0.3) is 22.3 Å². The van der Waals surface area contributed by atoms with E-state index in [1.54, 1.807) is 0 Å². The molecule has 26 heavy (non-hydrogen) atoms. The highest BCUT2D eigenvalue weighted by Gasteiger charge is 2.15. The van der Waals surface area contributed by atoms with Gasteiger partial charge in [-0.1, -0.05) is 67.1 Å². The van der Waals surface area contributed by atoms with Gasteiger partial charge < -0.3 is 4.74 Å². The Bertz CT molecular complexity index is 890. The molecular formula is C24H24O2. The van der Waals surface area contributed by atoms with Gasteiger partial charge in [0.2, 0.25) is 0 Å². The standard InChI is InChI=1S/C24H24O2/c1-4-18-8-12-19(13-9-18)21-14-15-22(24(25)26-5-2)23(16-21)20-10-6-17(3)7-11-20/h6-16H,4-5H2,1-3H3. The van der Waals surface area contributed by atoms with E-state index in [2.05, 4.69) is 68.4 Å². The molecule has 3 rings (SSSR count). The molecule has 0 saturated heterocycles. The number of ether oxygens (including phenoxy) is 1. The molecule has 0 heterocycles. The number of carbonyl (C=O) groups is 1. The van der Waals surface area contributed by atoms with Crippen LogP contribution in [0.5, 0.6) is 0 Å². The highest BCUT2D eigenvalue weighted by atomic mass is 16.5. The average Bonchev–Trinajstić information content (AvgIpc) is 2.68. The first-order valence-electron chi connectivity index (χ1n) is 9.10. The van der Waals surface area contributed by atoms with Gasteiger partial charge in [0.15, 0.2) is 0 Å². The second-order valence-electron chi connectivity index (χ2n) is 6.40. The predicted octanol–water partition coefficient (Wildman–Crippen LogP) is 6.07. The van der Waals surface area contributed by atoms with Crippen molar-refractivity contribution in [2.24, 2.45) is 0 Å². The minimum atomic E-state index is -0.282. The monoisotopic (exact) mass is 344 g/mol. The molecule has 3 aromatic rings. The first-order valence-corrected chi connectivity index (χ1v) is 9.10. The maximum Gasteiger partial charge on any atom is 0.338 e. The fraction of sp³-hybridized carbons (Fsp3) is 0.208. The van der Waals surface area contributed by atoms with E-state index in [1.165, 1.54) is 11.1 Å². The highest BCUT2D eigenvalue weighted by molar-refractivity contribution is 5.98. The molecular weight excluding hydrogens is 320 g/mol. The van der Waals surface area contributed by atoms with E-state index >= 15 is 0 Å². The van der Waals surface area contributed by atoms with Crippen molar-refractivity contribution in [1.29, 1.82) is 0 Å². The fourth-order valence-electron chi connectivity index (χ4n) is 3.02. The maximum absolute atomic E-state index is 12.4. The number of carbonyl (C=O) groups excluding carboxylic acids is 1. The van der Waals surface area contributed by atoms with Crippen LogP contribution in [0.4, 0.5) is 0 Å². The Morgan fingerprint density at radius 3 is 2.04 bits per heavy atom. The summed E-state index contributed by atoms with van der Waals surface area (Å²) in [6.45, 7) is 6.40. The third kappa shape index (κ3) is 3.85. The lowest BCUT2D eigenvalue weighted by Crippen LogP contribution is -2.06. The molecule has 0 amide bonds. The normalized spacial score (nSPS) is 10.6. The number of hydrogen-bond donors (Lipinski definition) is 0. The van der Waals surface area contributed by atoms with Crippen LogP contribution in [0, 0.1) is 6.92 Å². The molecule has 0 saturated carbocycles. The zero-order valence-electron chi connectivity index (χ0n) is 15.6. The van der Waals surface area contributed by atoms with E-state index in [0.29, 0.717) is 12.2 Å². The van der Waals surface area contributed by atoms with Gasteiger partial charge in [-0.15, -0.1) is 0 Å². The van der Waals surface area contributed by atoms with Gasteiger partial charge in [0.1, 0.15) is 0 Å². The van der Waals surface area contributed by atoms with Gasteiger partial charge in [0, 0.05) is 0 Å². The fourth-order valence-corrected chi connectivity index (χ4v) is 3.02. The molecule has 0 radical (unpaired) electrons. The molecule has 2 nitrogen and oxygen atoms in total. The van der Waals surface area contributed by atoms with Crippen LogP contribution in [-0.2, 0) is 11.2 Å². The molecule has 0 aromatic heterocycles. The molecule has 132 valence electrons. The smallest absolute Gasteiger partial charge is 0.338 e. The van der Waals surface area contributed by atoms with Crippen LogP contribution in [0.15, 0.2) is 66.7 Å². The van der Waals surface area contributed by atoms with Gasteiger partial charge >= 0.3 is 5.97 Å². The lowest BCUT2D eigenvalue weighted by atomic mass is 9.93. The van der Waals surface area contributed by atoms with Crippen molar-refractivity contribution in [2.75, 3.05) is 6.61 Å². The highest BCUT2D eigenvalue weighted by Crippen LogP contribution is 2.30. The number of esters is 1. The lowest BCUT2D eigenvalue weighted by molar-refractivity contribution is 0.0527. The van der Waals surface area contributed by atoms with E-state index in [-0.39, 0.29) is 5.97 Å². The largest absolute Gasteiger partial charge is 0.462 e. The van der Waals surface area contributed by atoms with E-state index in [0.717, 1.165) is 28.7 Å². The van der Waals surface area contributed by atoms with Gasteiger partial charge in [-0.05, 0) is 60.2 Å². The summed E-state index contributed by atoms with van der Waals surface area (Å²) >= 11 is 0. The number of hydrogen-bond acceptors (Lipinski definition) is 2. The Morgan fingerprint density at radius 1 is 0.808 bits per heavy atom. The second-order valence-corrected chi connectivity index (χ2v) is 6.40. The third-order valence-electron chi connectivity index (χ3n) is 4.57. The summed E-state index contributed by atoms with van der Waals surface area (Å²) in [5, 5.41) is 0. The number of benzene rings is 3. The van der Waals surface area contributed by atoms with Gasteiger partial charge in [-0.25, -0.2) is 4.79 Å². The zero-order chi connectivity index (χ0) is 18.5. The van der Waals surface area contributed by atoms with Crippen molar-refractivity contribution >= 4 is 5.97 Å². The average molecular weight is 344 g/mol. The molecule has 3 aromatic carbocycles. The maximum atomic E-state index is 12.4. The van der Waals surface area contributed by atoms with Crippen molar-refractivity contribution in [3.05, 3.63) is 83.4 Å². The summed E-state index contributed by atoms with van der Waals surface area (Å²) in [7, 11) is 0. The Hall–Kier alpha value is -2.87. The van der Waals surface area contributed by atoms with Crippen LogP contribution in [0.1, 0.15) is 35.3 Å². The van der Waals surface area contributed by atoms with Crippen LogP contribution < -0.4 is 0 Å². The van der Waals surface area contributed by atoms with E-state index < -0.39 is 0 Å². The van der Waals surface area contributed by atoms with Gasteiger partial charge in [0.25, 0.3) is 0 Å². The quantitative estimate of drug-likeness (QED) is 0.525. The first kappa shape index (κ1) is 17.9. The van der Waals surface area contributed by atoms with Crippen LogP contribution in [0.3, 0.4) is 0 Å². The predicted molar refractivity (Wildman–Crippen MR) is 107 cm³/mol.